The number of aromatic nitrogens is 3. The molecular weight excluding hydrogens is 278 g/mol. The summed E-state index contributed by atoms with van der Waals surface area (Å²) in [5, 5.41) is 4.02. The molecule has 1 heterocycles. The summed E-state index contributed by atoms with van der Waals surface area (Å²) in [6.07, 6.45) is 1.51. The molecule has 3 N–H and O–H groups in total. The summed E-state index contributed by atoms with van der Waals surface area (Å²) in [4.78, 5) is 4.16. The van der Waals surface area contributed by atoms with Gasteiger partial charge < -0.3 is 5.73 Å². The van der Waals surface area contributed by atoms with E-state index in [1.54, 1.807) is 33.0 Å². The van der Waals surface area contributed by atoms with Gasteiger partial charge in [-0.25, -0.2) is 18.1 Å². The molecule has 0 saturated carbocycles. The number of hydrogen-bond donors (Lipinski definition) is 2. The number of anilines is 1. The maximum Gasteiger partial charge on any atom is 0.241 e. The molecule has 20 heavy (non-hydrogen) atoms. The first-order chi connectivity index (χ1) is 9.29. The molecule has 0 unspecified atom stereocenters. The third-order valence-corrected chi connectivity index (χ3v) is 4.43. The van der Waals surface area contributed by atoms with Crippen LogP contribution in [0.25, 0.3) is 0 Å². The van der Waals surface area contributed by atoms with Crippen LogP contribution in [0, 0.1) is 13.8 Å². The average Bonchev–Trinajstić information content (AvgIpc) is 2.77. The minimum absolute atomic E-state index is 0.0382. The molecule has 0 aliphatic carbocycles. The fourth-order valence-electron chi connectivity index (χ4n) is 1.83. The molecule has 0 aliphatic heterocycles. The van der Waals surface area contributed by atoms with Gasteiger partial charge in [0.2, 0.25) is 10.0 Å². The van der Waals surface area contributed by atoms with Gasteiger partial charge in [0.1, 0.15) is 6.33 Å². The fraction of sp³-hybridized carbons (Fsp3) is 0.333. The predicted octanol–water partition coefficient (Wildman–Crippen LogP) is 0.493. The minimum Gasteiger partial charge on any atom is -0.398 e. The van der Waals surface area contributed by atoms with Crippen molar-refractivity contribution in [3.8, 4) is 0 Å². The van der Waals surface area contributed by atoms with E-state index in [0.29, 0.717) is 17.1 Å². The molecule has 0 spiro atoms. The Morgan fingerprint density at radius 2 is 2.05 bits per heavy atom. The van der Waals surface area contributed by atoms with Gasteiger partial charge in [-0.2, -0.15) is 5.10 Å². The van der Waals surface area contributed by atoms with Crippen molar-refractivity contribution < 1.29 is 8.42 Å². The SMILES string of the molecule is Cc1cc(N)c(C)c(S(=O)(=O)NCc2ncn(C)n2)c1. The minimum atomic E-state index is -3.64. The maximum atomic E-state index is 12.3. The van der Waals surface area contributed by atoms with Crippen LogP contribution in [-0.4, -0.2) is 23.2 Å². The topological polar surface area (TPSA) is 103 Å². The Balaban J connectivity index is 2.27. The molecule has 0 bridgehead atoms. The molecule has 1 aromatic carbocycles. The molecule has 0 fully saturated rings. The first-order valence-electron chi connectivity index (χ1n) is 6.00. The van der Waals surface area contributed by atoms with E-state index in [1.165, 1.54) is 11.0 Å². The molecule has 0 aliphatic rings. The van der Waals surface area contributed by atoms with Crippen molar-refractivity contribution in [2.45, 2.75) is 25.3 Å². The highest BCUT2D eigenvalue weighted by atomic mass is 32.2. The Kier molecular flexibility index (Phi) is 3.78. The average molecular weight is 295 g/mol. The van der Waals surface area contributed by atoms with Crippen molar-refractivity contribution in [2.24, 2.45) is 7.05 Å². The Morgan fingerprint density at radius 3 is 2.65 bits per heavy atom. The fourth-order valence-corrected chi connectivity index (χ4v) is 3.17. The number of sulfonamides is 1. The van der Waals surface area contributed by atoms with Gasteiger partial charge >= 0.3 is 0 Å². The number of nitrogens with two attached hydrogens (primary N) is 1. The van der Waals surface area contributed by atoms with E-state index in [0.717, 1.165) is 5.56 Å². The Hall–Kier alpha value is -1.93. The number of aryl methyl sites for hydroxylation is 2. The third-order valence-electron chi connectivity index (χ3n) is 2.90. The predicted molar refractivity (Wildman–Crippen MR) is 75.4 cm³/mol. The van der Waals surface area contributed by atoms with Crippen LogP contribution in [0.4, 0.5) is 5.69 Å². The lowest BCUT2D eigenvalue weighted by molar-refractivity contribution is 0.578. The molecule has 7 nitrogen and oxygen atoms in total. The standard InChI is InChI=1S/C12H17N5O2S/c1-8-4-10(13)9(2)11(5-8)20(18,19)15-6-12-14-7-17(3)16-12/h4-5,7,15H,6,13H2,1-3H3. The van der Waals surface area contributed by atoms with E-state index < -0.39 is 10.0 Å². The highest BCUT2D eigenvalue weighted by Crippen LogP contribution is 2.22. The molecule has 2 rings (SSSR count). The lowest BCUT2D eigenvalue weighted by atomic mass is 10.1. The van der Waals surface area contributed by atoms with Crippen molar-refractivity contribution in [3.05, 3.63) is 35.4 Å². The smallest absolute Gasteiger partial charge is 0.241 e. The maximum absolute atomic E-state index is 12.3. The van der Waals surface area contributed by atoms with E-state index in [2.05, 4.69) is 14.8 Å². The van der Waals surface area contributed by atoms with Crippen LogP contribution in [0.15, 0.2) is 23.4 Å². The largest absolute Gasteiger partial charge is 0.398 e. The number of rotatable bonds is 4. The zero-order valence-electron chi connectivity index (χ0n) is 11.6. The summed E-state index contributed by atoms with van der Waals surface area (Å²) in [5.74, 6) is 0.411. The van der Waals surface area contributed by atoms with Gasteiger partial charge in [0, 0.05) is 12.7 Å². The van der Waals surface area contributed by atoms with E-state index in [4.69, 9.17) is 5.73 Å². The molecule has 0 saturated heterocycles. The monoisotopic (exact) mass is 295 g/mol. The van der Waals surface area contributed by atoms with Crippen molar-refractivity contribution in [2.75, 3.05) is 5.73 Å². The van der Waals surface area contributed by atoms with Gasteiger partial charge in [-0.05, 0) is 37.1 Å². The first kappa shape index (κ1) is 14.5. The van der Waals surface area contributed by atoms with Crippen LogP contribution >= 0.6 is 0 Å². The summed E-state index contributed by atoms with van der Waals surface area (Å²) in [5.41, 5.74) is 7.60. The van der Waals surface area contributed by atoms with Crippen molar-refractivity contribution in [1.82, 2.24) is 19.5 Å². The normalized spacial score (nSPS) is 11.8. The third kappa shape index (κ3) is 2.97. The zero-order valence-corrected chi connectivity index (χ0v) is 12.4. The van der Waals surface area contributed by atoms with Crippen molar-refractivity contribution >= 4 is 15.7 Å². The van der Waals surface area contributed by atoms with Crippen molar-refractivity contribution in [1.29, 1.82) is 0 Å². The summed E-state index contributed by atoms with van der Waals surface area (Å²) in [6.45, 7) is 3.52. The van der Waals surface area contributed by atoms with Crippen LogP contribution in [0.3, 0.4) is 0 Å². The Morgan fingerprint density at radius 1 is 1.35 bits per heavy atom. The number of nitrogens with one attached hydrogen (secondary N) is 1. The second-order valence-electron chi connectivity index (χ2n) is 4.64. The lowest BCUT2D eigenvalue weighted by Crippen LogP contribution is -2.25. The molecule has 0 radical (unpaired) electrons. The zero-order chi connectivity index (χ0) is 14.9. The van der Waals surface area contributed by atoms with Crippen LogP contribution in [0.5, 0.6) is 0 Å². The Bertz CT molecular complexity index is 736. The Labute approximate surface area is 117 Å². The highest BCUT2D eigenvalue weighted by molar-refractivity contribution is 7.89. The summed E-state index contributed by atoms with van der Waals surface area (Å²) in [7, 11) is -1.93. The molecule has 0 atom stereocenters. The van der Waals surface area contributed by atoms with Crippen LogP contribution in [0.1, 0.15) is 17.0 Å². The van der Waals surface area contributed by atoms with Gasteiger partial charge in [0.15, 0.2) is 5.82 Å². The van der Waals surface area contributed by atoms with Crippen molar-refractivity contribution in [3.63, 3.8) is 0 Å². The lowest BCUT2D eigenvalue weighted by Gasteiger charge is -2.11. The van der Waals surface area contributed by atoms with Crippen LogP contribution < -0.4 is 10.5 Å². The number of benzene rings is 1. The summed E-state index contributed by atoms with van der Waals surface area (Å²) >= 11 is 0. The van der Waals surface area contributed by atoms with E-state index in [-0.39, 0.29) is 11.4 Å². The summed E-state index contributed by atoms with van der Waals surface area (Å²) in [6, 6.07) is 3.34. The number of hydrogen-bond acceptors (Lipinski definition) is 5. The van der Waals surface area contributed by atoms with Gasteiger partial charge in [-0.15, -0.1) is 0 Å². The molecule has 0 amide bonds. The second kappa shape index (κ2) is 5.22. The molecule has 1 aromatic heterocycles. The quantitative estimate of drug-likeness (QED) is 0.799. The van der Waals surface area contributed by atoms with Crippen LogP contribution in [0.2, 0.25) is 0 Å². The van der Waals surface area contributed by atoms with Crippen LogP contribution in [-0.2, 0) is 23.6 Å². The van der Waals surface area contributed by atoms with E-state index in [9.17, 15) is 8.42 Å². The second-order valence-corrected chi connectivity index (χ2v) is 6.37. The molecular formula is C12H17N5O2S. The van der Waals surface area contributed by atoms with E-state index in [1.807, 2.05) is 0 Å². The van der Waals surface area contributed by atoms with Gasteiger partial charge in [-0.1, -0.05) is 0 Å². The number of nitrogens with zero attached hydrogens (tertiary/aromatic N) is 3. The molecule has 2 aromatic rings. The summed E-state index contributed by atoms with van der Waals surface area (Å²) < 4.78 is 28.6. The number of nitrogen functional groups attached to an aromatic ring is 1. The highest BCUT2D eigenvalue weighted by Gasteiger charge is 2.19. The molecule has 108 valence electrons. The van der Waals surface area contributed by atoms with Gasteiger partial charge in [0.05, 0.1) is 11.4 Å². The van der Waals surface area contributed by atoms with Gasteiger partial charge in [0.25, 0.3) is 0 Å². The van der Waals surface area contributed by atoms with E-state index >= 15 is 0 Å². The molecule has 8 heteroatoms. The first-order valence-corrected chi connectivity index (χ1v) is 7.49. The van der Waals surface area contributed by atoms with Gasteiger partial charge in [-0.3, -0.25) is 4.68 Å².